The average Bonchev–Trinajstić information content (AvgIpc) is 3.16. The first-order valence-electron chi connectivity index (χ1n) is 12.1. The molecular formula is C28H35NO2S. The lowest BCUT2D eigenvalue weighted by molar-refractivity contribution is 0.326. The van der Waals surface area contributed by atoms with Crippen LogP contribution in [0, 0.1) is 6.92 Å². The van der Waals surface area contributed by atoms with E-state index in [2.05, 4.69) is 44.2 Å². The van der Waals surface area contributed by atoms with Crippen LogP contribution in [-0.4, -0.2) is 12.7 Å². The number of rotatable bonds is 9. The number of sulfonamides is 1. The quantitative estimate of drug-likeness (QED) is 0.321. The summed E-state index contributed by atoms with van der Waals surface area (Å²) in [5.74, 6) is 0. The van der Waals surface area contributed by atoms with E-state index in [1.54, 1.807) is 16.4 Å². The first kappa shape index (κ1) is 23.0. The van der Waals surface area contributed by atoms with Crippen LogP contribution in [0.5, 0.6) is 0 Å². The number of hydrogen-bond acceptors (Lipinski definition) is 2. The third kappa shape index (κ3) is 4.35. The molecule has 4 rings (SSSR count). The summed E-state index contributed by atoms with van der Waals surface area (Å²) >= 11 is 0. The fourth-order valence-electron chi connectivity index (χ4n) is 5.07. The van der Waals surface area contributed by atoms with Gasteiger partial charge in [-0.25, -0.2) is 8.42 Å². The Balaban J connectivity index is 1.85. The molecule has 0 N–H and O–H groups in total. The molecule has 1 atom stereocenters. The van der Waals surface area contributed by atoms with Gasteiger partial charge in [-0.1, -0.05) is 81.5 Å². The Morgan fingerprint density at radius 1 is 0.938 bits per heavy atom. The standard InChI is InChI=1S/C28H35NO2S/c1-4-6-8-14-27-28-23(19-22-11-9-10-13-25(22)26(28)12-7-5-2)20-29(27)32(30,31)24-17-15-21(3)16-18-24/h9-11,13,15-19,27H,4-8,12,14,20H2,1-3H3/t27-/m1/s1. The minimum absolute atomic E-state index is 0.0840. The van der Waals surface area contributed by atoms with Crippen molar-refractivity contribution >= 4 is 20.8 Å². The monoisotopic (exact) mass is 449 g/mol. The van der Waals surface area contributed by atoms with Crippen molar-refractivity contribution in [3.05, 3.63) is 76.9 Å². The van der Waals surface area contributed by atoms with Gasteiger partial charge in [-0.05, 0) is 71.8 Å². The Bertz CT molecular complexity index is 1180. The third-order valence-corrected chi connectivity index (χ3v) is 8.65. The van der Waals surface area contributed by atoms with Crippen LogP contribution in [0.1, 0.15) is 80.7 Å². The Morgan fingerprint density at radius 3 is 2.38 bits per heavy atom. The molecule has 0 bridgehead atoms. The maximum absolute atomic E-state index is 13.8. The summed E-state index contributed by atoms with van der Waals surface area (Å²) in [6.45, 7) is 6.87. The molecular weight excluding hydrogens is 414 g/mol. The van der Waals surface area contributed by atoms with E-state index in [4.69, 9.17) is 0 Å². The second-order valence-corrected chi connectivity index (χ2v) is 11.0. The SMILES string of the molecule is CCCCC[C@@H]1c2c(cc3ccccc3c2CCCC)CN1S(=O)(=O)c1ccc(C)cc1. The van der Waals surface area contributed by atoms with E-state index in [9.17, 15) is 8.42 Å². The van der Waals surface area contributed by atoms with Crippen LogP contribution in [0.4, 0.5) is 0 Å². The second kappa shape index (κ2) is 9.76. The zero-order valence-corrected chi connectivity index (χ0v) is 20.4. The fraction of sp³-hybridized carbons (Fsp3) is 0.429. The first-order chi connectivity index (χ1) is 15.5. The van der Waals surface area contributed by atoms with E-state index in [-0.39, 0.29) is 6.04 Å². The zero-order chi connectivity index (χ0) is 22.7. The zero-order valence-electron chi connectivity index (χ0n) is 19.6. The molecule has 0 spiro atoms. The highest BCUT2D eigenvalue weighted by atomic mass is 32.2. The molecule has 170 valence electrons. The summed E-state index contributed by atoms with van der Waals surface area (Å²) in [6, 6.07) is 18.0. The summed E-state index contributed by atoms with van der Waals surface area (Å²) in [7, 11) is -3.57. The van der Waals surface area contributed by atoms with Crippen molar-refractivity contribution < 1.29 is 8.42 Å². The van der Waals surface area contributed by atoms with Crippen molar-refractivity contribution in [1.29, 1.82) is 0 Å². The van der Waals surface area contributed by atoms with Crippen LogP contribution in [-0.2, 0) is 23.0 Å². The van der Waals surface area contributed by atoms with Gasteiger partial charge in [0, 0.05) is 6.54 Å². The number of fused-ring (bicyclic) bond motifs is 2. The molecule has 0 unspecified atom stereocenters. The lowest BCUT2D eigenvalue weighted by Gasteiger charge is -2.26. The summed E-state index contributed by atoms with van der Waals surface area (Å²) in [5.41, 5.74) is 4.90. The molecule has 0 amide bonds. The van der Waals surface area contributed by atoms with Gasteiger partial charge in [0.2, 0.25) is 10.0 Å². The lowest BCUT2D eigenvalue weighted by atomic mass is 9.88. The molecule has 1 aliphatic rings. The smallest absolute Gasteiger partial charge is 0.207 e. The van der Waals surface area contributed by atoms with E-state index >= 15 is 0 Å². The number of nitrogens with zero attached hydrogens (tertiary/aromatic N) is 1. The van der Waals surface area contributed by atoms with E-state index in [0.717, 1.165) is 50.5 Å². The minimum atomic E-state index is -3.57. The molecule has 0 saturated carbocycles. The number of hydrogen-bond donors (Lipinski definition) is 0. The van der Waals surface area contributed by atoms with E-state index < -0.39 is 10.0 Å². The molecule has 0 saturated heterocycles. The first-order valence-corrected chi connectivity index (χ1v) is 13.5. The molecule has 3 aromatic rings. The molecule has 1 aliphatic heterocycles. The summed E-state index contributed by atoms with van der Waals surface area (Å²) in [5, 5.41) is 2.51. The Hall–Kier alpha value is -2.17. The predicted molar refractivity (Wildman–Crippen MR) is 133 cm³/mol. The summed E-state index contributed by atoms with van der Waals surface area (Å²) < 4.78 is 29.4. The topological polar surface area (TPSA) is 37.4 Å². The third-order valence-electron chi connectivity index (χ3n) is 6.78. The van der Waals surface area contributed by atoms with Crippen molar-refractivity contribution in [2.45, 2.75) is 83.2 Å². The van der Waals surface area contributed by atoms with Crippen molar-refractivity contribution in [1.82, 2.24) is 4.31 Å². The maximum atomic E-state index is 13.8. The maximum Gasteiger partial charge on any atom is 0.243 e. The van der Waals surface area contributed by atoms with Gasteiger partial charge in [0.15, 0.2) is 0 Å². The molecule has 0 fully saturated rings. The van der Waals surface area contributed by atoms with Crippen LogP contribution in [0.3, 0.4) is 0 Å². The van der Waals surface area contributed by atoms with Crippen molar-refractivity contribution in [2.24, 2.45) is 0 Å². The van der Waals surface area contributed by atoms with E-state index in [1.165, 1.54) is 27.5 Å². The van der Waals surface area contributed by atoms with Crippen LogP contribution in [0.15, 0.2) is 59.5 Å². The number of benzene rings is 3. The number of aryl methyl sites for hydroxylation is 2. The normalized spacial score (nSPS) is 16.5. The van der Waals surface area contributed by atoms with E-state index in [1.807, 2.05) is 19.1 Å². The highest BCUT2D eigenvalue weighted by molar-refractivity contribution is 7.89. The Kier molecular flexibility index (Phi) is 7.02. The molecule has 1 heterocycles. The van der Waals surface area contributed by atoms with Crippen LogP contribution in [0.25, 0.3) is 10.8 Å². The van der Waals surface area contributed by atoms with Gasteiger partial charge >= 0.3 is 0 Å². The largest absolute Gasteiger partial charge is 0.243 e. The van der Waals surface area contributed by atoms with Gasteiger partial charge in [-0.2, -0.15) is 4.31 Å². The van der Waals surface area contributed by atoms with Gasteiger partial charge in [-0.15, -0.1) is 0 Å². The van der Waals surface area contributed by atoms with Gasteiger partial charge in [0.1, 0.15) is 0 Å². The lowest BCUT2D eigenvalue weighted by Crippen LogP contribution is -2.30. The Morgan fingerprint density at radius 2 is 1.66 bits per heavy atom. The summed E-state index contributed by atoms with van der Waals surface area (Å²) in [4.78, 5) is 0.399. The fourth-order valence-corrected chi connectivity index (χ4v) is 6.67. The molecule has 3 nitrogen and oxygen atoms in total. The van der Waals surface area contributed by atoms with Crippen molar-refractivity contribution in [3.8, 4) is 0 Å². The second-order valence-electron chi connectivity index (χ2n) is 9.13. The van der Waals surface area contributed by atoms with Crippen molar-refractivity contribution in [3.63, 3.8) is 0 Å². The molecule has 3 aromatic carbocycles. The molecule has 0 aliphatic carbocycles. The predicted octanol–water partition coefficient (Wildman–Crippen LogP) is 7.32. The highest BCUT2D eigenvalue weighted by Gasteiger charge is 2.40. The highest BCUT2D eigenvalue weighted by Crippen LogP contribution is 2.45. The average molecular weight is 450 g/mol. The molecule has 0 radical (unpaired) electrons. The minimum Gasteiger partial charge on any atom is -0.207 e. The van der Waals surface area contributed by atoms with Crippen LogP contribution in [0.2, 0.25) is 0 Å². The molecule has 0 aromatic heterocycles. The van der Waals surface area contributed by atoms with Gasteiger partial charge in [0.05, 0.1) is 10.9 Å². The Labute approximate surface area is 193 Å². The van der Waals surface area contributed by atoms with Gasteiger partial charge < -0.3 is 0 Å². The summed E-state index contributed by atoms with van der Waals surface area (Å²) in [6.07, 6.45) is 7.43. The van der Waals surface area contributed by atoms with E-state index in [0.29, 0.717) is 11.4 Å². The number of unbranched alkanes of at least 4 members (excludes halogenated alkanes) is 3. The van der Waals surface area contributed by atoms with Crippen LogP contribution >= 0.6 is 0 Å². The van der Waals surface area contributed by atoms with Crippen molar-refractivity contribution in [2.75, 3.05) is 0 Å². The molecule has 32 heavy (non-hydrogen) atoms. The molecule has 4 heteroatoms. The van der Waals surface area contributed by atoms with Gasteiger partial charge in [-0.3, -0.25) is 0 Å². The van der Waals surface area contributed by atoms with Crippen LogP contribution < -0.4 is 0 Å². The van der Waals surface area contributed by atoms with Gasteiger partial charge in [0.25, 0.3) is 0 Å².